The largest absolute Gasteiger partial charge is 0.434 e. The monoisotopic (exact) mass is 242 g/mol. The van der Waals surface area contributed by atoms with Crippen LogP contribution < -0.4 is 10.5 Å². The summed E-state index contributed by atoms with van der Waals surface area (Å²) in [6.45, 7) is 0.774. The predicted molar refractivity (Wildman–Crippen MR) is 61.0 cm³/mol. The molecule has 0 bridgehead atoms. The summed E-state index contributed by atoms with van der Waals surface area (Å²) in [5.41, 5.74) is 6.49. The molecule has 1 aromatic carbocycles. The predicted octanol–water partition coefficient (Wildman–Crippen LogP) is 1.99. The molecule has 1 unspecified atom stereocenters. The second-order valence-electron chi connectivity index (χ2n) is 4.31. The zero-order valence-electron chi connectivity index (χ0n) is 9.64. The van der Waals surface area contributed by atoms with Crippen LogP contribution >= 0.6 is 0 Å². The number of likely N-dealkylation sites (tertiary alicyclic amines) is 1. The molecule has 17 heavy (non-hydrogen) atoms. The van der Waals surface area contributed by atoms with Crippen LogP contribution in [0, 0.1) is 0 Å². The van der Waals surface area contributed by atoms with Crippen LogP contribution in [0.25, 0.3) is 0 Å². The van der Waals surface area contributed by atoms with E-state index in [4.69, 9.17) is 5.73 Å². The van der Waals surface area contributed by atoms with Gasteiger partial charge in [0.2, 0.25) is 0 Å². The highest BCUT2D eigenvalue weighted by Gasteiger charge is 2.29. The summed E-state index contributed by atoms with van der Waals surface area (Å²) in [7, 11) is 0. The molecule has 0 spiro atoms. The third-order valence-electron chi connectivity index (χ3n) is 3.07. The first-order valence-electron chi connectivity index (χ1n) is 5.61. The second kappa shape index (κ2) is 4.98. The Bertz CT molecular complexity index is 381. The lowest BCUT2D eigenvalue weighted by molar-refractivity contribution is -0.0515. The van der Waals surface area contributed by atoms with Crippen LogP contribution in [0.15, 0.2) is 24.3 Å². The van der Waals surface area contributed by atoms with E-state index < -0.39 is 6.61 Å². The minimum absolute atomic E-state index is 0.0461. The summed E-state index contributed by atoms with van der Waals surface area (Å²) in [6.07, 6.45) is 0. The molecule has 1 atom stereocenters. The van der Waals surface area contributed by atoms with E-state index in [2.05, 4.69) is 9.64 Å². The molecule has 0 radical (unpaired) electrons. The quantitative estimate of drug-likeness (QED) is 0.877. The molecule has 94 valence electrons. The van der Waals surface area contributed by atoms with E-state index in [1.165, 1.54) is 0 Å². The normalized spacial score (nSPS) is 19.1. The first-order chi connectivity index (χ1) is 8.08. The fourth-order valence-electron chi connectivity index (χ4n) is 2.09. The number of para-hydroxylation sites is 1. The van der Waals surface area contributed by atoms with E-state index in [1.54, 1.807) is 12.1 Å². The van der Waals surface area contributed by atoms with Crippen molar-refractivity contribution < 1.29 is 13.5 Å². The second-order valence-corrected chi connectivity index (χ2v) is 4.31. The van der Waals surface area contributed by atoms with Crippen LogP contribution in [0.1, 0.15) is 18.5 Å². The molecule has 0 aliphatic carbocycles. The van der Waals surface area contributed by atoms with Crippen molar-refractivity contribution in [2.45, 2.75) is 25.6 Å². The number of rotatable bonds is 4. The van der Waals surface area contributed by atoms with Crippen LogP contribution in [0.3, 0.4) is 0 Å². The van der Waals surface area contributed by atoms with Crippen molar-refractivity contribution >= 4 is 0 Å². The van der Waals surface area contributed by atoms with Gasteiger partial charge in [-0.05, 0) is 13.0 Å². The van der Waals surface area contributed by atoms with Gasteiger partial charge in [0, 0.05) is 30.7 Å². The van der Waals surface area contributed by atoms with Gasteiger partial charge in [-0.15, -0.1) is 0 Å². The number of alkyl halides is 2. The fourth-order valence-corrected chi connectivity index (χ4v) is 2.09. The fraction of sp³-hybridized carbons (Fsp3) is 0.500. The van der Waals surface area contributed by atoms with Crippen molar-refractivity contribution in [2.75, 3.05) is 13.1 Å². The summed E-state index contributed by atoms with van der Waals surface area (Å²) in [5.74, 6) is 0.246. The first-order valence-corrected chi connectivity index (χ1v) is 5.61. The molecule has 5 heteroatoms. The van der Waals surface area contributed by atoms with Gasteiger partial charge < -0.3 is 10.5 Å². The van der Waals surface area contributed by atoms with Crippen LogP contribution in [0.4, 0.5) is 8.78 Å². The lowest BCUT2D eigenvalue weighted by Crippen LogP contribution is -2.56. The molecule has 0 saturated carbocycles. The number of benzene rings is 1. The minimum atomic E-state index is -2.79. The Morgan fingerprint density at radius 1 is 1.35 bits per heavy atom. The van der Waals surface area contributed by atoms with Gasteiger partial charge in [0.1, 0.15) is 5.75 Å². The number of nitrogens with zero attached hydrogens (tertiary/aromatic N) is 1. The SMILES string of the molecule is CC(c1ccccc1OC(F)F)N1CC(N)C1. The molecule has 1 saturated heterocycles. The Kier molecular flexibility index (Phi) is 3.59. The molecule has 1 fully saturated rings. The molecule has 1 aliphatic heterocycles. The summed E-state index contributed by atoms with van der Waals surface area (Å²) < 4.78 is 29.1. The molecule has 3 nitrogen and oxygen atoms in total. The summed E-state index contributed by atoms with van der Waals surface area (Å²) in [5, 5.41) is 0. The lowest BCUT2D eigenvalue weighted by Gasteiger charge is -2.41. The molecule has 1 heterocycles. The molecule has 1 aromatic rings. The molecule has 1 aliphatic rings. The van der Waals surface area contributed by atoms with Crippen molar-refractivity contribution in [3.8, 4) is 5.75 Å². The van der Waals surface area contributed by atoms with Crippen molar-refractivity contribution in [1.82, 2.24) is 4.90 Å². The summed E-state index contributed by atoms with van der Waals surface area (Å²) in [6, 6.07) is 7.13. The number of halogens is 2. The van der Waals surface area contributed by atoms with E-state index >= 15 is 0 Å². The molecule has 0 aromatic heterocycles. The van der Waals surface area contributed by atoms with Crippen LogP contribution in [-0.2, 0) is 0 Å². The summed E-state index contributed by atoms with van der Waals surface area (Å²) >= 11 is 0. The Hall–Kier alpha value is -1.20. The maximum atomic E-state index is 12.3. The number of hydrogen-bond donors (Lipinski definition) is 1. The van der Waals surface area contributed by atoms with E-state index in [9.17, 15) is 8.78 Å². The van der Waals surface area contributed by atoms with Gasteiger partial charge in [0.15, 0.2) is 0 Å². The van der Waals surface area contributed by atoms with Crippen molar-refractivity contribution in [3.63, 3.8) is 0 Å². The smallest absolute Gasteiger partial charge is 0.387 e. The van der Waals surface area contributed by atoms with Gasteiger partial charge in [-0.2, -0.15) is 8.78 Å². The zero-order valence-corrected chi connectivity index (χ0v) is 9.64. The Morgan fingerprint density at radius 3 is 2.59 bits per heavy atom. The van der Waals surface area contributed by atoms with Crippen LogP contribution in [0.5, 0.6) is 5.75 Å². The number of ether oxygens (including phenoxy) is 1. The van der Waals surface area contributed by atoms with E-state index in [-0.39, 0.29) is 17.8 Å². The van der Waals surface area contributed by atoms with Crippen LogP contribution in [-0.4, -0.2) is 30.6 Å². The molecule has 2 rings (SSSR count). The number of hydrogen-bond acceptors (Lipinski definition) is 3. The standard InChI is InChI=1S/C12H16F2N2O/c1-8(16-6-9(15)7-16)10-4-2-3-5-11(10)17-12(13)14/h2-5,8-9,12H,6-7,15H2,1H3. The maximum Gasteiger partial charge on any atom is 0.387 e. The molecule has 0 amide bonds. The average Bonchev–Trinajstić information content (AvgIpc) is 2.24. The zero-order chi connectivity index (χ0) is 12.4. The van der Waals surface area contributed by atoms with Crippen molar-refractivity contribution in [3.05, 3.63) is 29.8 Å². The van der Waals surface area contributed by atoms with Crippen molar-refractivity contribution in [1.29, 1.82) is 0 Å². The summed E-state index contributed by atoms with van der Waals surface area (Å²) in [4.78, 5) is 2.14. The van der Waals surface area contributed by atoms with Gasteiger partial charge in [0.25, 0.3) is 0 Å². The van der Waals surface area contributed by atoms with Gasteiger partial charge in [-0.1, -0.05) is 18.2 Å². The lowest BCUT2D eigenvalue weighted by atomic mass is 10.0. The van der Waals surface area contributed by atoms with Gasteiger partial charge in [-0.3, -0.25) is 4.90 Å². The minimum Gasteiger partial charge on any atom is -0.434 e. The Labute approximate surface area is 99.2 Å². The molecular weight excluding hydrogens is 226 g/mol. The van der Waals surface area contributed by atoms with Crippen molar-refractivity contribution in [2.24, 2.45) is 5.73 Å². The highest BCUT2D eigenvalue weighted by atomic mass is 19.3. The third kappa shape index (κ3) is 2.73. The van der Waals surface area contributed by atoms with Gasteiger partial charge in [0.05, 0.1) is 0 Å². The third-order valence-corrected chi connectivity index (χ3v) is 3.07. The van der Waals surface area contributed by atoms with Gasteiger partial charge >= 0.3 is 6.61 Å². The average molecular weight is 242 g/mol. The van der Waals surface area contributed by atoms with E-state index in [1.807, 2.05) is 19.1 Å². The maximum absolute atomic E-state index is 12.3. The molecule has 2 N–H and O–H groups in total. The Morgan fingerprint density at radius 2 is 2.00 bits per heavy atom. The Balaban J connectivity index is 2.13. The topological polar surface area (TPSA) is 38.5 Å². The highest BCUT2D eigenvalue weighted by molar-refractivity contribution is 5.36. The van der Waals surface area contributed by atoms with Crippen LogP contribution in [0.2, 0.25) is 0 Å². The first kappa shape index (κ1) is 12.3. The number of nitrogens with two attached hydrogens (primary N) is 1. The van der Waals surface area contributed by atoms with E-state index in [0.717, 1.165) is 18.7 Å². The molecular formula is C12H16F2N2O. The van der Waals surface area contributed by atoms with E-state index in [0.29, 0.717) is 0 Å². The van der Waals surface area contributed by atoms with Gasteiger partial charge in [-0.25, -0.2) is 0 Å². The highest BCUT2D eigenvalue weighted by Crippen LogP contribution is 2.32.